The number of carbonyl (C=O) groups excluding carboxylic acids is 1. The second-order valence-electron chi connectivity index (χ2n) is 6.28. The predicted octanol–water partition coefficient (Wildman–Crippen LogP) is 3.02. The van der Waals surface area contributed by atoms with Gasteiger partial charge in [0.1, 0.15) is 17.9 Å². The fraction of sp³-hybridized carbons (Fsp3) is 0.250. The number of nitrogens with one attached hydrogen (secondary N) is 1. The van der Waals surface area contributed by atoms with Crippen LogP contribution in [-0.4, -0.2) is 24.9 Å². The average molecular weight is 342 g/mol. The molecule has 3 nitrogen and oxygen atoms in total. The summed E-state index contributed by atoms with van der Waals surface area (Å²) in [6, 6.07) is 12.6. The Balaban J connectivity index is 1.99. The third-order valence-electron chi connectivity index (χ3n) is 4.53. The smallest absolute Gasteiger partial charge is 0.136 e. The fourth-order valence-electron chi connectivity index (χ4n) is 3.27. The predicted molar refractivity (Wildman–Crippen MR) is 94.0 cm³/mol. The van der Waals surface area contributed by atoms with Crippen LogP contribution in [0, 0.1) is 11.6 Å². The van der Waals surface area contributed by atoms with E-state index in [1.807, 2.05) is 36.4 Å². The van der Waals surface area contributed by atoms with E-state index in [0.29, 0.717) is 18.5 Å². The molecule has 2 aromatic rings. The fourth-order valence-corrected chi connectivity index (χ4v) is 3.27. The van der Waals surface area contributed by atoms with Crippen LogP contribution in [0.5, 0.6) is 0 Å². The third-order valence-corrected chi connectivity index (χ3v) is 4.53. The van der Waals surface area contributed by atoms with Crippen molar-refractivity contribution < 1.29 is 13.6 Å². The summed E-state index contributed by atoms with van der Waals surface area (Å²) >= 11 is 0. The highest BCUT2D eigenvalue weighted by Gasteiger charge is 2.28. The van der Waals surface area contributed by atoms with Crippen LogP contribution in [0.2, 0.25) is 0 Å². The van der Waals surface area contributed by atoms with E-state index in [1.165, 1.54) is 6.07 Å². The van der Waals surface area contributed by atoms with Gasteiger partial charge in [-0.2, -0.15) is 0 Å². The molecule has 3 rings (SSSR count). The van der Waals surface area contributed by atoms with Crippen molar-refractivity contribution in [3.05, 3.63) is 77.4 Å². The summed E-state index contributed by atoms with van der Waals surface area (Å²) in [6.07, 6.45) is 3.15. The van der Waals surface area contributed by atoms with Gasteiger partial charge in [0, 0.05) is 24.1 Å². The Morgan fingerprint density at radius 2 is 1.96 bits per heavy atom. The van der Waals surface area contributed by atoms with Crippen LogP contribution >= 0.6 is 0 Å². The first-order valence-corrected chi connectivity index (χ1v) is 8.24. The number of carbonyl (C=O) groups is 1. The Bertz CT molecular complexity index is 777. The summed E-state index contributed by atoms with van der Waals surface area (Å²) in [6.45, 7) is 0.389. The van der Waals surface area contributed by atoms with Crippen LogP contribution in [0.15, 0.2) is 54.6 Å². The van der Waals surface area contributed by atoms with Crippen molar-refractivity contribution in [3.8, 4) is 0 Å². The Hall–Kier alpha value is -2.37. The maximum atomic E-state index is 14.1. The molecule has 0 fully saturated rings. The molecule has 0 spiro atoms. The Kier molecular flexibility index (Phi) is 5.36. The van der Waals surface area contributed by atoms with Crippen molar-refractivity contribution in [1.29, 1.82) is 0 Å². The molecule has 0 bridgehead atoms. The monoisotopic (exact) mass is 342 g/mol. The molecule has 130 valence electrons. The molecule has 1 aliphatic rings. The summed E-state index contributed by atoms with van der Waals surface area (Å²) in [5.74, 6) is -1.01. The van der Waals surface area contributed by atoms with Crippen molar-refractivity contribution in [2.45, 2.75) is 24.4 Å². The van der Waals surface area contributed by atoms with Gasteiger partial charge in [-0.1, -0.05) is 36.4 Å². The maximum Gasteiger partial charge on any atom is 0.136 e. The molecule has 0 saturated carbocycles. The van der Waals surface area contributed by atoms with Gasteiger partial charge in [-0.05, 0) is 35.8 Å². The Labute approximate surface area is 145 Å². The van der Waals surface area contributed by atoms with E-state index < -0.39 is 17.7 Å². The molecular formula is C20H20F2N2O. The van der Waals surface area contributed by atoms with E-state index in [-0.39, 0.29) is 17.5 Å². The van der Waals surface area contributed by atoms with E-state index in [0.717, 1.165) is 24.0 Å². The lowest BCUT2D eigenvalue weighted by atomic mass is 9.82. The Morgan fingerprint density at radius 1 is 1.20 bits per heavy atom. The van der Waals surface area contributed by atoms with Crippen molar-refractivity contribution in [2.75, 3.05) is 6.54 Å². The SMILES string of the molecule is NC(C=O)CC1NCC(c2cc(F)ccc2F)=CC1c1ccccc1. The molecular weight excluding hydrogens is 322 g/mol. The summed E-state index contributed by atoms with van der Waals surface area (Å²) in [7, 11) is 0. The van der Waals surface area contributed by atoms with Crippen LogP contribution in [0.1, 0.15) is 23.5 Å². The standard InChI is InChI=1S/C20H20F2N2O/c21-15-6-7-19(22)17(9-15)14-8-18(13-4-2-1-3-5-13)20(24-11-14)10-16(23)12-25/h1-9,12,16,18,20,24H,10-11,23H2. The summed E-state index contributed by atoms with van der Waals surface area (Å²) in [5, 5.41) is 3.33. The van der Waals surface area contributed by atoms with Gasteiger partial charge in [0.25, 0.3) is 0 Å². The lowest BCUT2D eigenvalue weighted by Gasteiger charge is -2.33. The molecule has 25 heavy (non-hydrogen) atoms. The van der Waals surface area contributed by atoms with Crippen LogP contribution in [-0.2, 0) is 4.79 Å². The minimum absolute atomic E-state index is 0.0528. The van der Waals surface area contributed by atoms with E-state index in [1.54, 1.807) is 0 Å². The first-order valence-electron chi connectivity index (χ1n) is 8.24. The molecule has 1 heterocycles. The van der Waals surface area contributed by atoms with Gasteiger partial charge >= 0.3 is 0 Å². The molecule has 0 amide bonds. The number of hydrogen-bond donors (Lipinski definition) is 2. The van der Waals surface area contributed by atoms with Crippen molar-refractivity contribution >= 4 is 11.9 Å². The zero-order chi connectivity index (χ0) is 17.8. The maximum absolute atomic E-state index is 14.1. The topological polar surface area (TPSA) is 55.1 Å². The normalized spacial score (nSPS) is 21.5. The zero-order valence-electron chi connectivity index (χ0n) is 13.7. The molecule has 3 N–H and O–H groups in total. The number of halogens is 2. The van der Waals surface area contributed by atoms with Gasteiger partial charge in [0.15, 0.2) is 0 Å². The first-order chi connectivity index (χ1) is 12.1. The van der Waals surface area contributed by atoms with Gasteiger partial charge < -0.3 is 15.8 Å². The quantitative estimate of drug-likeness (QED) is 0.821. The van der Waals surface area contributed by atoms with Gasteiger partial charge in [-0.15, -0.1) is 0 Å². The molecule has 5 heteroatoms. The molecule has 2 aromatic carbocycles. The first kappa shape index (κ1) is 17.5. The van der Waals surface area contributed by atoms with Gasteiger partial charge in [0.2, 0.25) is 0 Å². The largest absolute Gasteiger partial charge is 0.322 e. The van der Waals surface area contributed by atoms with Crippen LogP contribution in [0.4, 0.5) is 8.78 Å². The second-order valence-corrected chi connectivity index (χ2v) is 6.28. The summed E-state index contributed by atoms with van der Waals surface area (Å²) in [5.41, 5.74) is 7.78. The van der Waals surface area contributed by atoms with Crippen molar-refractivity contribution in [3.63, 3.8) is 0 Å². The number of benzene rings is 2. The minimum Gasteiger partial charge on any atom is -0.322 e. The molecule has 0 aliphatic carbocycles. The lowest BCUT2D eigenvalue weighted by molar-refractivity contribution is -0.109. The number of hydrogen-bond acceptors (Lipinski definition) is 3. The van der Waals surface area contributed by atoms with Gasteiger partial charge in [-0.3, -0.25) is 0 Å². The van der Waals surface area contributed by atoms with Crippen LogP contribution < -0.4 is 11.1 Å². The van der Waals surface area contributed by atoms with Gasteiger partial charge in [0.05, 0.1) is 6.04 Å². The molecule has 0 radical (unpaired) electrons. The average Bonchev–Trinajstić information content (AvgIpc) is 2.64. The second kappa shape index (κ2) is 7.68. The lowest BCUT2D eigenvalue weighted by Crippen LogP contribution is -2.43. The third kappa shape index (κ3) is 4.00. The van der Waals surface area contributed by atoms with E-state index in [4.69, 9.17) is 5.73 Å². The molecule has 1 aliphatic heterocycles. The van der Waals surface area contributed by atoms with E-state index in [2.05, 4.69) is 5.32 Å². The molecule has 3 atom stereocenters. The van der Waals surface area contributed by atoms with Gasteiger partial charge in [-0.25, -0.2) is 8.78 Å². The van der Waals surface area contributed by atoms with E-state index >= 15 is 0 Å². The van der Waals surface area contributed by atoms with E-state index in [9.17, 15) is 13.6 Å². The molecule has 0 saturated heterocycles. The Morgan fingerprint density at radius 3 is 2.68 bits per heavy atom. The molecule has 3 unspecified atom stereocenters. The highest BCUT2D eigenvalue weighted by Crippen LogP contribution is 2.32. The minimum atomic E-state index is -0.565. The molecule has 0 aromatic heterocycles. The highest BCUT2D eigenvalue weighted by molar-refractivity contribution is 5.70. The zero-order valence-corrected chi connectivity index (χ0v) is 13.7. The number of aldehydes is 1. The number of nitrogens with two attached hydrogens (primary N) is 1. The summed E-state index contributed by atoms with van der Waals surface area (Å²) < 4.78 is 27.7. The van der Waals surface area contributed by atoms with Crippen molar-refractivity contribution in [1.82, 2.24) is 5.32 Å². The van der Waals surface area contributed by atoms with Crippen molar-refractivity contribution in [2.24, 2.45) is 5.73 Å². The summed E-state index contributed by atoms with van der Waals surface area (Å²) in [4.78, 5) is 10.9. The number of rotatable bonds is 5. The highest BCUT2D eigenvalue weighted by atomic mass is 19.1. The van der Waals surface area contributed by atoms with Crippen LogP contribution in [0.25, 0.3) is 5.57 Å². The van der Waals surface area contributed by atoms with Crippen LogP contribution in [0.3, 0.4) is 0 Å².